The van der Waals surface area contributed by atoms with Gasteiger partial charge in [0, 0.05) is 19.4 Å². The average Bonchev–Trinajstić information content (AvgIpc) is 2.32. The molecule has 0 aromatic rings. The van der Waals surface area contributed by atoms with E-state index in [1.54, 1.807) is 0 Å². The van der Waals surface area contributed by atoms with Crippen LogP contribution in [0.5, 0.6) is 0 Å². The highest BCUT2D eigenvalue weighted by Crippen LogP contribution is 2.24. The average molecular weight is 182 g/mol. The van der Waals surface area contributed by atoms with E-state index in [9.17, 15) is 14.4 Å². The number of rotatable bonds is 2. The molecule has 2 fully saturated rings. The van der Waals surface area contributed by atoms with Crippen LogP contribution in [0.2, 0.25) is 0 Å². The number of imide groups is 1. The van der Waals surface area contributed by atoms with Crippen LogP contribution in [-0.2, 0) is 9.59 Å². The van der Waals surface area contributed by atoms with E-state index in [4.69, 9.17) is 0 Å². The first kappa shape index (κ1) is 8.22. The van der Waals surface area contributed by atoms with Crippen molar-refractivity contribution in [3.8, 4) is 0 Å². The zero-order valence-corrected chi connectivity index (χ0v) is 7.08. The van der Waals surface area contributed by atoms with E-state index >= 15 is 0 Å². The van der Waals surface area contributed by atoms with Crippen LogP contribution < -0.4 is 5.32 Å². The van der Waals surface area contributed by atoms with Gasteiger partial charge in [-0.2, -0.15) is 0 Å². The SMILES string of the molecule is O=C1CC(CN2C(=O)CNC2=O)C1. The van der Waals surface area contributed by atoms with Crippen molar-refractivity contribution in [2.75, 3.05) is 13.1 Å². The fourth-order valence-electron chi connectivity index (χ4n) is 1.61. The summed E-state index contributed by atoms with van der Waals surface area (Å²) in [6.45, 7) is 0.496. The first-order valence-electron chi connectivity index (χ1n) is 4.26. The molecule has 1 saturated carbocycles. The third-order valence-electron chi connectivity index (χ3n) is 2.41. The zero-order valence-electron chi connectivity index (χ0n) is 7.08. The molecule has 1 aliphatic carbocycles. The van der Waals surface area contributed by atoms with Crippen LogP contribution in [-0.4, -0.2) is 35.7 Å². The molecule has 0 bridgehead atoms. The van der Waals surface area contributed by atoms with Gasteiger partial charge >= 0.3 is 6.03 Å². The van der Waals surface area contributed by atoms with Crippen molar-refractivity contribution in [3.63, 3.8) is 0 Å². The molecule has 1 heterocycles. The van der Waals surface area contributed by atoms with Crippen molar-refractivity contribution < 1.29 is 14.4 Å². The monoisotopic (exact) mass is 182 g/mol. The van der Waals surface area contributed by atoms with Gasteiger partial charge in [-0.25, -0.2) is 4.79 Å². The summed E-state index contributed by atoms with van der Waals surface area (Å²) in [7, 11) is 0. The maximum Gasteiger partial charge on any atom is 0.324 e. The zero-order chi connectivity index (χ0) is 9.42. The van der Waals surface area contributed by atoms with Crippen molar-refractivity contribution >= 4 is 17.7 Å². The van der Waals surface area contributed by atoms with Crippen LogP contribution in [0.4, 0.5) is 4.79 Å². The second-order valence-electron chi connectivity index (χ2n) is 3.48. The third-order valence-corrected chi connectivity index (χ3v) is 2.41. The van der Waals surface area contributed by atoms with Crippen LogP contribution in [0, 0.1) is 5.92 Å². The second kappa shape index (κ2) is 2.83. The minimum absolute atomic E-state index is 0.0967. The van der Waals surface area contributed by atoms with Crippen molar-refractivity contribution in [2.24, 2.45) is 5.92 Å². The molecule has 70 valence electrons. The molecule has 5 nitrogen and oxygen atoms in total. The van der Waals surface area contributed by atoms with Gasteiger partial charge in [0.1, 0.15) is 5.78 Å². The smallest absolute Gasteiger partial charge is 0.324 e. The predicted molar refractivity (Wildman–Crippen MR) is 42.8 cm³/mol. The molecule has 1 N–H and O–H groups in total. The highest BCUT2D eigenvalue weighted by atomic mass is 16.2. The van der Waals surface area contributed by atoms with Gasteiger partial charge < -0.3 is 5.32 Å². The van der Waals surface area contributed by atoms with Gasteiger partial charge in [0.15, 0.2) is 0 Å². The number of hydrogen-bond donors (Lipinski definition) is 1. The largest absolute Gasteiger partial charge is 0.329 e. The quantitative estimate of drug-likeness (QED) is 0.586. The first-order valence-corrected chi connectivity index (χ1v) is 4.26. The normalized spacial score (nSPS) is 23.4. The molecule has 0 spiro atoms. The number of carbonyl (C=O) groups excluding carboxylic acids is 3. The van der Waals surface area contributed by atoms with E-state index in [1.165, 1.54) is 4.90 Å². The molecular weight excluding hydrogens is 172 g/mol. The maximum absolute atomic E-state index is 11.1. The molecule has 13 heavy (non-hydrogen) atoms. The number of amides is 3. The summed E-state index contributed by atoms with van der Waals surface area (Å²) >= 11 is 0. The summed E-state index contributed by atoms with van der Waals surface area (Å²) in [5.74, 6) is 0.224. The minimum atomic E-state index is -0.329. The maximum atomic E-state index is 11.1. The fraction of sp³-hybridized carbons (Fsp3) is 0.625. The molecule has 0 aromatic carbocycles. The lowest BCUT2D eigenvalue weighted by molar-refractivity contribution is -0.131. The lowest BCUT2D eigenvalue weighted by Crippen LogP contribution is -2.40. The van der Waals surface area contributed by atoms with E-state index < -0.39 is 0 Å². The van der Waals surface area contributed by atoms with E-state index in [0.717, 1.165) is 0 Å². The van der Waals surface area contributed by atoms with E-state index in [-0.39, 0.29) is 30.2 Å². The highest BCUT2D eigenvalue weighted by molar-refractivity contribution is 6.02. The molecule has 2 rings (SSSR count). The fourth-order valence-corrected chi connectivity index (χ4v) is 1.61. The van der Waals surface area contributed by atoms with Gasteiger partial charge in [-0.05, 0) is 5.92 Å². The van der Waals surface area contributed by atoms with Crippen LogP contribution >= 0.6 is 0 Å². The number of nitrogens with zero attached hydrogens (tertiary/aromatic N) is 1. The second-order valence-corrected chi connectivity index (χ2v) is 3.48. The Morgan fingerprint density at radius 1 is 1.31 bits per heavy atom. The summed E-state index contributed by atoms with van der Waals surface area (Å²) in [4.78, 5) is 34.0. The van der Waals surface area contributed by atoms with E-state index in [0.29, 0.717) is 19.4 Å². The Hall–Kier alpha value is -1.39. The summed E-state index contributed by atoms with van der Waals surface area (Å²) < 4.78 is 0. The van der Waals surface area contributed by atoms with Gasteiger partial charge in [0.25, 0.3) is 0 Å². The van der Waals surface area contributed by atoms with Gasteiger partial charge in [-0.1, -0.05) is 0 Å². The number of ketones is 1. The van der Waals surface area contributed by atoms with Gasteiger partial charge in [0.2, 0.25) is 5.91 Å². The number of urea groups is 1. The van der Waals surface area contributed by atoms with Crippen LogP contribution in [0.1, 0.15) is 12.8 Å². The van der Waals surface area contributed by atoms with Crippen LogP contribution in [0.3, 0.4) is 0 Å². The van der Waals surface area contributed by atoms with E-state index in [2.05, 4.69) is 5.32 Å². The first-order chi connectivity index (χ1) is 6.16. The molecule has 0 radical (unpaired) electrons. The molecule has 0 atom stereocenters. The Kier molecular flexibility index (Phi) is 1.79. The standard InChI is InChI=1S/C8H10N2O3/c11-6-1-5(2-6)4-10-7(12)3-9-8(10)13/h5H,1-4H2,(H,9,13). The van der Waals surface area contributed by atoms with Crippen molar-refractivity contribution in [1.29, 1.82) is 0 Å². The molecule has 5 heteroatoms. The molecule has 2 aliphatic rings. The Labute approximate surface area is 75.1 Å². The number of hydrogen-bond acceptors (Lipinski definition) is 3. The summed E-state index contributed by atoms with van der Waals surface area (Å²) in [5, 5.41) is 2.44. The lowest BCUT2D eigenvalue weighted by Gasteiger charge is -2.27. The molecule has 1 aliphatic heterocycles. The molecule has 3 amide bonds. The van der Waals surface area contributed by atoms with Gasteiger partial charge in [0.05, 0.1) is 6.54 Å². The molecule has 1 saturated heterocycles. The Bertz CT molecular complexity index is 263. The van der Waals surface area contributed by atoms with Crippen LogP contribution in [0.25, 0.3) is 0 Å². The number of Topliss-reactive ketones (excluding diaryl/α,β-unsaturated/α-hetero) is 1. The van der Waals surface area contributed by atoms with E-state index in [1.807, 2.05) is 0 Å². The molecule has 0 unspecified atom stereocenters. The van der Waals surface area contributed by atoms with Gasteiger partial charge in [-0.3, -0.25) is 14.5 Å². The minimum Gasteiger partial charge on any atom is -0.329 e. The number of carbonyl (C=O) groups is 3. The molecule has 0 aromatic heterocycles. The van der Waals surface area contributed by atoms with Crippen molar-refractivity contribution in [1.82, 2.24) is 10.2 Å². The lowest BCUT2D eigenvalue weighted by atomic mass is 9.84. The third kappa shape index (κ3) is 1.41. The Balaban J connectivity index is 1.90. The number of nitrogens with one attached hydrogen (secondary N) is 1. The van der Waals surface area contributed by atoms with Crippen molar-refractivity contribution in [2.45, 2.75) is 12.8 Å². The summed E-state index contributed by atoms with van der Waals surface area (Å²) in [6.07, 6.45) is 1.02. The molecular formula is C8H10N2O3. The Morgan fingerprint density at radius 2 is 2.00 bits per heavy atom. The predicted octanol–water partition coefficient (Wildman–Crippen LogP) is -0.483. The topological polar surface area (TPSA) is 66.5 Å². The van der Waals surface area contributed by atoms with Crippen LogP contribution in [0.15, 0.2) is 0 Å². The van der Waals surface area contributed by atoms with Crippen molar-refractivity contribution in [3.05, 3.63) is 0 Å². The summed E-state index contributed by atoms with van der Waals surface area (Å²) in [5.41, 5.74) is 0. The Morgan fingerprint density at radius 3 is 2.46 bits per heavy atom. The van der Waals surface area contributed by atoms with Gasteiger partial charge in [-0.15, -0.1) is 0 Å². The highest BCUT2D eigenvalue weighted by Gasteiger charge is 2.35. The summed E-state index contributed by atoms with van der Waals surface area (Å²) in [6, 6.07) is -0.329.